The number of amides is 1. The molecule has 0 unspecified atom stereocenters. The number of hydrogen-bond donors (Lipinski definition) is 2. The van der Waals surface area contributed by atoms with Gasteiger partial charge in [0.25, 0.3) is 5.91 Å². The first-order chi connectivity index (χ1) is 8.61. The second-order valence-corrected chi connectivity index (χ2v) is 4.62. The summed E-state index contributed by atoms with van der Waals surface area (Å²) in [5.74, 6) is 0.401. The van der Waals surface area contributed by atoms with Gasteiger partial charge < -0.3 is 20.5 Å². The molecule has 6 heteroatoms. The second kappa shape index (κ2) is 7.94. The lowest BCUT2D eigenvalue weighted by molar-refractivity contribution is -0.123. The lowest BCUT2D eigenvalue weighted by atomic mass is 10.3. The molecule has 0 saturated carbocycles. The number of nitrogens with two attached hydrogens (primary N) is 1. The molecule has 3 N–H and O–H groups in total. The number of hydrogen-bond acceptors (Lipinski definition) is 4. The predicted octanol–water partition coefficient (Wildman–Crippen LogP) is 1.56. The number of methoxy groups -OCH3 is 1. The number of rotatable bonds is 7. The molecular weight excluding hydrogens is 300 g/mol. The minimum Gasteiger partial charge on any atom is -0.484 e. The lowest BCUT2D eigenvalue weighted by Gasteiger charge is -2.08. The molecule has 1 rings (SSSR count). The molecule has 1 aromatic carbocycles. The van der Waals surface area contributed by atoms with E-state index in [2.05, 4.69) is 21.2 Å². The molecule has 0 aliphatic carbocycles. The topological polar surface area (TPSA) is 73.6 Å². The average molecular weight is 317 g/mol. The summed E-state index contributed by atoms with van der Waals surface area (Å²) in [6.07, 6.45) is 0.784. The molecule has 1 aromatic rings. The maximum Gasteiger partial charge on any atom is 0.257 e. The monoisotopic (exact) mass is 316 g/mol. The van der Waals surface area contributed by atoms with Crippen molar-refractivity contribution in [1.82, 2.24) is 5.32 Å². The van der Waals surface area contributed by atoms with Gasteiger partial charge in [-0.2, -0.15) is 0 Å². The van der Waals surface area contributed by atoms with Gasteiger partial charge in [0.15, 0.2) is 6.61 Å². The number of nitrogen functional groups attached to an aromatic ring is 1. The summed E-state index contributed by atoms with van der Waals surface area (Å²) >= 11 is 3.30. The molecule has 100 valence electrons. The molecule has 18 heavy (non-hydrogen) atoms. The van der Waals surface area contributed by atoms with Gasteiger partial charge in [-0.25, -0.2) is 0 Å². The quantitative estimate of drug-likeness (QED) is 0.591. The smallest absolute Gasteiger partial charge is 0.257 e. The van der Waals surface area contributed by atoms with Crippen molar-refractivity contribution in [3.8, 4) is 5.75 Å². The standard InChI is InChI=1S/C12H17BrN2O3/c1-17-4-2-3-15-12(16)8-18-11-6-9(13)5-10(14)7-11/h5-7H,2-4,8,14H2,1H3,(H,15,16). The van der Waals surface area contributed by atoms with Crippen molar-refractivity contribution in [3.63, 3.8) is 0 Å². The molecule has 0 bridgehead atoms. The number of carbonyl (C=O) groups excluding carboxylic acids is 1. The van der Waals surface area contributed by atoms with E-state index in [0.29, 0.717) is 24.6 Å². The number of benzene rings is 1. The van der Waals surface area contributed by atoms with Crippen LogP contribution in [0.25, 0.3) is 0 Å². The van der Waals surface area contributed by atoms with E-state index in [1.165, 1.54) is 0 Å². The summed E-state index contributed by atoms with van der Waals surface area (Å²) in [5.41, 5.74) is 6.24. The fourth-order valence-corrected chi connectivity index (χ4v) is 1.80. The van der Waals surface area contributed by atoms with Gasteiger partial charge in [-0.15, -0.1) is 0 Å². The van der Waals surface area contributed by atoms with E-state index in [4.69, 9.17) is 15.2 Å². The fraction of sp³-hybridized carbons (Fsp3) is 0.417. The van der Waals surface area contributed by atoms with Crippen molar-refractivity contribution in [2.75, 3.05) is 32.6 Å². The number of nitrogens with one attached hydrogen (secondary N) is 1. The Morgan fingerprint density at radius 1 is 1.44 bits per heavy atom. The van der Waals surface area contributed by atoms with Crippen molar-refractivity contribution in [1.29, 1.82) is 0 Å². The van der Waals surface area contributed by atoms with Crippen LogP contribution in [0.2, 0.25) is 0 Å². The largest absolute Gasteiger partial charge is 0.484 e. The van der Waals surface area contributed by atoms with Gasteiger partial charge >= 0.3 is 0 Å². The summed E-state index contributed by atoms with van der Waals surface area (Å²) in [7, 11) is 1.63. The van der Waals surface area contributed by atoms with E-state index in [-0.39, 0.29) is 12.5 Å². The summed E-state index contributed by atoms with van der Waals surface area (Å²) in [6, 6.07) is 5.19. The number of halogens is 1. The summed E-state index contributed by atoms with van der Waals surface area (Å²) in [6.45, 7) is 1.18. The Labute approximate surface area is 115 Å². The first-order valence-electron chi connectivity index (χ1n) is 5.56. The first-order valence-corrected chi connectivity index (χ1v) is 6.35. The highest BCUT2D eigenvalue weighted by Gasteiger charge is 2.03. The van der Waals surface area contributed by atoms with Gasteiger partial charge in [0, 0.05) is 36.5 Å². The van der Waals surface area contributed by atoms with Crippen molar-refractivity contribution in [2.24, 2.45) is 0 Å². The Hall–Kier alpha value is -1.27. The maximum atomic E-state index is 11.4. The van der Waals surface area contributed by atoms with Crippen LogP contribution in [-0.4, -0.2) is 32.8 Å². The third-order valence-corrected chi connectivity index (χ3v) is 2.57. The van der Waals surface area contributed by atoms with E-state index in [9.17, 15) is 4.79 Å². The minimum atomic E-state index is -0.162. The highest BCUT2D eigenvalue weighted by atomic mass is 79.9. The van der Waals surface area contributed by atoms with Gasteiger partial charge in [-0.1, -0.05) is 15.9 Å². The molecule has 0 atom stereocenters. The molecule has 5 nitrogen and oxygen atoms in total. The van der Waals surface area contributed by atoms with Crippen LogP contribution in [0.15, 0.2) is 22.7 Å². The molecule has 1 amide bonds. The third-order valence-electron chi connectivity index (χ3n) is 2.11. The summed E-state index contributed by atoms with van der Waals surface area (Å²) in [5, 5.41) is 2.73. The van der Waals surface area contributed by atoms with Gasteiger partial charge in [0.05, 0.1) is 0 Å². The lowest BCUT2D eigenvalue weighted by Crippen LogP contribution is -2.30. The maximum absolute atomic E-state index is 11.4. The number of ether oxygens (including phenoxy) is 2. The van der Waals surface area contributed by atoms with Gasteiger partial charge in [-0.05, 0) is 18.6 Å². The molecule has 0 spiro atoms. The second-order valence-electron chi connectivity index (χ2n) is 3.71. The molecule has 0 fully saturated rings. The predicted molar refractivity (Wildman–Crippen MR) is 73.6 cm³/mol. The Balaban J connectivity index is 2.29. The molecule has 0 heterocycles. The van der Waals surface area contributed by atoms with Crippen LogP contribution in [-0.2, 0) is 9.53 Å². The summed E-state index contributed by atoms with van der Waals surface area (Å²) < 4.78 is 11.0. The van der Waals surface area contributed by atoms with Crippen LogP contribution in [0, 0.1) is 0 Å². The Morgan fingerprint density at radius 3 is 2.89 bits per heavy atom. The third kappa shape index (κ3) is 5.88. The van der Waals surface area contributed by atoms with Crippen LogP contribution >= 0.6 is 15.9 Å². The van der Waals surface area contributed by atoms with E-state index in [1.54, 1.807) is 25.3 Å². The van der Waals surface area contributed by atoms with Crippen LogP contribution < -0.4 is 15.8 Å². The highest BCUT2D eigenvalue weighted by Crippen LogP contribution is 2.22. The van der Waals surface area contributed by atoms with E-state index in [0.717, 1.165) is 10.9 Å². The first kappa shape index (κ1) is 14.8. The summed E-state index contributed by atoms with van der Waals surface area (Å²) in [4.78, 5) is 11.4. The van der Waals surface area contributed by atoms with Crippen molar-refractivity contribution >= 4 is 27.5 Å². The van der Waals surface area contributed by atoms with Crippen molar-refractivity contribution in [3.05, 3.63) is 22.7 Å². The Bertz CT molecular complexity index is 379. The van der Waals surface area contributed by atoms with Crippen LogP contribution in [0.1, 0.15) is 6.42 Å². The normalized spacial score (nSPS) is 10.1. The van der Waals surface area contributed by atoms with Crippen LogP contribution in [0.5, 0.6) is 5.75 Å². The SMILES string of the molecule is COCCCNC(=O)COc1cc(N)cc(Br)c1. The number of anilines is 1. The molecule has 0 aliphatic rings. The van der Waals surface area contributed by atoms with Crippen LogP contribution in [0.3, 0.4) is 0 Å². The highest BCUT2D eigenvalue weighted by molar-refractivity contribution is 9.10. The van der Waals surface area contributed by atoms with Crippen molar-refractivity contribution in [2.45, 2.75) is 6.42 Å². The minimum absolute atomic E-state index is 0.0249. The van der Waals surface area contributed by atoms with E-state index in [1.807, 2.05) is 0 Å². The Morgan fingerprint density at radius 2 is 2.22 bits per heavy atom. The molecule has 0 aliphatic heterocycles. The number of carbonyl (C=O) groups is 1. The van der Waals surface area contributed by atoms with Crippen LogP contribution in [0.4, 0.5) is 5.69 Å². The average Bonchev–Trinajstić information content (AvgIpc) is 2.31. The zero-order valence-electron chi connectivity index (χ0n) is 10.2. The van der Waals surface area contributed by atoms with Gasteiger partial charge in [-0.3, -0.25) is 4.79 Å². The van der Waals surface area contributed by atoms with Crippen molar-refractivity contribution < 1.29 is 14.3 Å². The fourth-order valence-electron chi connectivity index (χ4n) is 1.31. The van der Waals surface area contributed by atoms with E-state index < -0.39 is 0 Å². The van der Waals surface area contributed by atoms with Gasteiger partial charge in [0.1, 0.15) is 5.75 Å². The zero-order valence-corrected chi connectivity index (χ0v) is 11.8. The molecule has 0 aromatic heterocycles. The Kier molecular flexibility index (Phi) is 6.53. The molecule has 0 radical (unpaired) electrons. The molecular formula is C12H17BrN2O3. The van der Waals surface area contributed by atoms with E-state index >= 15 is 0 Å². The molecule has 0 saturated heterocycles. The zero-order chi connectivity index (χ0) is 13.4. The van der Waals surface area contributed by atoms with Gasteiger partial charge in [0.2, 0.25) is 0 Å².